The van der Waals surface area contributed by atoms with Crippen molar-refractivity contribution in [1.29, 1.82) is 0 Å². The van der Waals surface area contributed by atoms with E-state index in [1.165, 1.54) is 11.3 Å². The number of aromatic nitrogens is 5. The van der Waals surface area contributed by atoms with Crippen LogP contribution in [0.1, 0.15) is 14.7 Å². The molecule has 0 radical (unpaired) electrons. The Morgan fingerprint density at radius 1 is 1.23 bits per heavy atom. The van der Waals surface area contributed by atoms with Gasteiger partial charge in [-0.1, -0.05) is 0 Å². The minimum atomic E-state index is -0.280. The zero-order valence-electron chi connectivity index (χ0n) is 14.6. The number of amides is 1. The molecule has 0 atom stereocenters. The van der Waals surface area contributed by atoms with Gasteiger partial charge in [-0.05, 0) is 19.1 Å². The predicted octanol–water partition coefficient (Wildman–Crippen LogP) is 2.96. The maximum Gasteiger partial charge on any atom is 0.269 e. The lowest BCUT2D eigenvalue weighted by atomic mass is 10.2. The summed E-state index contributed by atoms with van der Waals surface area (Å²) in [7, 11) is 3.41. The monoisotopic (exact) mass is 370 g/mol. The molecule has 2 N–H and O–H groups in total. The van der Waals surface area contributed by atoms with E-state index in [1.807, 2.05) is 26.2 Å². The number of aryl methyl sites for hydroxylation is 2. The molecule has 0 saturated heterocycles. The number of nitrogens with one attached hydrogen (secondary N) is 2. The average Bonchev–Trinajstić information content (AvgIpc) is 3.26. The van der Waals surface area contributed by atoms with E-state index in [0.29, 0.717) is 10.6 Å². The van der Waals surface area contributed by atoms with Crippen LogP contribution in [0.4, 0.5) is 5.95 Å². The fourth-order valence-corrected chi connectivity index (χ4v) is 2.82. The van der Waals surface area contributed by atoms with Crippen LogP contribution in [0.15, 0.2) is 43.1 Å². The number of anilines is 1. The molecule has 0 aromatic carbocycles. The van der Waals surface area contributed by atoms with E-state index in [0.717, 1.165) is 16.1 Å². The third kappa shape index (κ3) is 4.25. The lowest BCUT2D eigenvalue weighted by Crippen LogP contribution is -2.12. The van der Waals surface area contributed by atoms with Crippen molar-refractivity contribution in [2.45, 2.75) is 6.92 Å². The zero-order valence-corrected chi connectivity index (χ0v) is 15.4. The molecule has 8 nitrogen and oxygen atoms in total. The fourth-order valence-electron chi connectivity index (χ4n) is 2.15. The first-order valence-electron chi connectivity index (χ1n) is 7.74. The molecule has 3 heterocycles. The van der Waals surface area contributed by atoms with Crippen molar-refractivity contribution in [3.63, 3.8) is 0 Å². The van der Waals surface area contributed by atoms with Gasteiger partial charge in [-0.15, -0.1) is 11.3 Å². The Kier molecular flexibility index (Phi) is 5.28. The number of H-pyrrole nitrogens is 1. The van der Waals surface area contributed by atoms with Gasteiger partial charge in [0.05, 0.1) is 24.5 Å². The Bertz CT molecular complexity index is 973. The highest BCUT2D eigenvalue weighted by Crippen LogP contribution is 2.18. The van der Waals surface area contributed by atoms with Gasteiger partial charge >= 0.3 is 0 Å². The number of methoxy groups -OCH3 is 1. The van der Waals surface area contributed by atoms with E-state index in [-0.39, 0.29) is 11.9 Å². The molecule has 3 aromatic heterocycles. The van der Waals surface area contributed by atoms with E-state index in [4.69, 9.17) is 4.74 Å². The summed E-state index contributed by atoms with van der Waals surface area (Å²) >= 11 is 1.32. The molecule has 3 rings (SSSR count). The molecular formula is C17H18N6O2S. The Morgan fingerprint density at radius 3 is 2.73 bits per heavy atom. The number of hydrogen-bond donors (Lipinski definition) is 2. The summed E-state index contributed by atoms with van der Waals surface area (Å²) in [5, 5.41) is 7.74. The predicted molar refractivity (Wildman–Crippen MR) is 99.8 cm³/mol. The first-order valence-corrected chi connectivity index (χ1v) is 8.56. The average molecular weight is 370 g/mol. The molecule has 0 aliphatic rings. The van der Waals surface area contributed by atoms with Crippen molar-refractivity contribution in [3.05, 3.63) is 53.0 Å². The number of carbonyl (C=O) groups is 1. The fraction of sp³-hybridized carbons (Fsp3) is 0.176. The van der Waals surface area contributed by atoms with E-state index in [2.05, 4.69) is 25.4 Å². The quantitative estimate of drug-likeness (QED) is 0.736. The van der Waals surface area contributed by atoms with Crippen LogP contribution >= 0.6 is 11.3 Å². The molecule has 0 aliphatic heterocycles. The third-order valence-electron chi connectivity index (χ3n) is 3.46. The number of hydrogen-bond acceptors (Lipinski definition) is 6. The van der Waals surface area contributed by atoms with Crippen molar-refractivity contribution >= 4 is 23.2 Å². The molecule has 26 heavy (non-hydrogen) atoms. The van der Waals surface area contributed by atoms with Crippen molar-refractivity contribution in [2.24, 2.45) is 7.05 Å². The minimum absolute atomic E-state index is 0.278. The van der Waals surface area contributed by atoms with Crippen LogP contribution in [-0.2, 0) is 7.05 Å². The second-order valence-electron chi connectivity index (χ2n) is 5.39. The molecule has 0 bridgehead atoms. The Hall–Kier alpha value is -3.20. The van der Waals surface area contributed by atoms with Gasteiger partial charge in [0.1, 0.15) is 10.6 Å². The molecule has 134 valence electrons. The maximum atomic E-state index is 12.4. The maximum absolute atomic E-state index is 12.4. The molecular weight excluding hydrogens is 352 g/mol. The second kappa shape index (κ2) is 7.79. The summed E-state index contributed by atoms with van der Waals surface area (Å²) < 4.78 is 7.01. The zero-order chi connectivity index (χ0) is 18.5. The van der Waals surface area contributed by atoms with Crippen molar-refractivity contribution in [1.82, 2.24) is 24.7 Å². The van der Waals surface area contributed by atoms with Gasteiger partial charge in [0, 0.05) is 36.8 Å². The molecule has 0 fully saturated rings. The van der Waals surface area contributed by atoms with Gasteiger partial charge in [-0.3, -0.25) is 14.8 Å². The molecule has 0 aliphatic carbocycles. The topological polar surface area (TPSA) is 97.7 Å². The largest absolute Gasteiger partial charge is 0.495 e. The van der Waals surface area contributed by atoms with E-state index in [1.54, 1.807) is 42.6 Å². The first-order chi connectivity index (χ1) is 12.5. The summed E-state index contributed by atoms with van der Waals surface area (Å²) in [5.41, 5.74) is 1.72. The molecule has 9 heteroatoms. The highest BCUT2D eigenvalue weighted by atomic mass is 32.1. The highest BCUT2D eigenvalue weighted by molar-refractivity contribution is 7.13. The van der Waals surface area contributed by atoms with Gasteiger partial charge in [-0.25, -0.2) is 9.97 Å². The van der Waals surface area contributed by atoms with Crippen molar-refractivity contribution in [2.75, 3.05) is 12.4 Å². The number of thiazole rings is 1. The molecule has 0 unspecified atom stereocenters. The van der Waals surface area contributed by atoms with E-state index in [9.17, 15) is 4.79 Å². The van der Waals surface area contributed by atoms with Crippen molar-refractivity contribution < 1.29 is 9.53 Å². The number of carbonyl (C=O) groups excluding carboxylic acids is 1. The van der Waals surface area contributed by atoms with E-state index < -0.39 is 0 Å². The minimum Gasteiger partial charge on any atom is -0.495 e. The summed E-state index contributed by atoms with van der Waals surface area (Å²) in [4.78, 5) is 24.3. The lowest BCUT2D eigenvalue weighted by Gasteiger charge is -2.00. The van der Waals surface area contributed by atoms with Gasteiger partial charge in [-0.2, -0.15) is 5.10 Å². The van der Waals surface area contributed by atoms with E-state index >= 15 is 0 Å². The van der Waals surface area contributed by atoms with Crippen LogP contribution in [0.5, 0.6) is 5.75 Å². The number of ether oxygens (including phenoxy) is 1. The number of rotatable bonds is 4. The number of nitrogens with zero attached hydrogens (tertiary/aromatic N) is 4. The molecule has 0 saturated carbocycles. The van der Waals surface area contributed by atoms with Crippen LogP contribution in [0.3, 0.4) is 0 Å². The molecule has 1 amide bonds. The lowest BCUT2D eigenvalue weighted by molar-refractivity contribution is 0.102. The van der Waals surface area contributed by atoms with Crippen LogP contribution in [0.2, 0.25) is 0 Å². The number of aromatic amines is 1. The summed E-state index contributed by atoms with van der Waals surface area (Å²) in [6, 6.07) is 3.67. The Morgan fingerprint density at radius 2 is 2.08 bits per heavy atom. The van der Waals surface area contributed by atoms with Crippen molar-refractivity contribution in [3.8, 4) is 16.9 Å². The SMILES string of the molecule is COc1ccc(-c2cnn(C)c2)cnc(NC(=O)c2cnc(C)s2)[nH]c1. The molecule has 0 spiro atoms. The third-order valence-corrected chi connectivity index (χ3v) is 4.37. The normalized spacial score (nSPS) is 10.3. The second-order valence-corrected chi connectivity index (χ2v) is 6.63. The van der Waals surface area contributed by atoms with Gasteiger partial charge in [0.15, 0.2) is 0 Å². The van der Waals surface area contributed by atoms with Gasteiger partial charge in [0.2, 0.25) is 5.95 Å². The van der Waals surface area contributed by atoms with Gasteiger partial charge < -0.3 is 9.72 Å². The Labute approximate surface area is 154 Å². The van der Waals surface area contributed by atoms with Crippen LogP contribution in [0.25, 0.3) is 11.1 Å². The van der Waals surface area contributed by atoms with Gasteiger partial charge in [0.25, 0.3) is 5.91 Å². The molecule has 3 aromatic rings. The standard InChI is InChI=1S/C17H18N6O2S/c1-11-18-9-15(26-11)16(24)22-17-19-6-12(13-7-21-23(2)10-13)4-5-14(25-3)8-20-17/h4-10H,1-3H3,(H2,19,20,22,24). The highest BCUT2D eigenvalue weighted by Gasteiger charge is 2.10. The summed E-state index contributed by atoms with van der Waals surface area (Å²) in [5.74, 6) is 0.579. The summed E-state index contributed by atoms with van der Waals surface area (Å²) in [6.45, 7) is 1.85. The van der Waals surface area contributed by atoms with Crippen LogP contribution < -0.4 is 10.1 Å². The van der Waals surface area contributed by atoms with Crippen LogP contribution in [0, 0.1) is 6.92 Å². The first kappa shape index (κ1) is 17.6. The smallest absolute Gasteiger partial charge is 0.269 e. The Balaban J connectivity index is 1.99. The summed E-state index contributed by atoms with van der Waals surface area (Å²) in [6.07, 6.45) is 8.44. The van der Waals surface area contributed by atoms with Crippen LogP contribution in [-0.4, -0.2) is 37.7 Å².